The fourth-order valence-corrected chi connectivity index (χ4v) is 5.92. The molecule has 37 heavy (non-hydrogen) atoms. The van der Waals surface area contributed by atoms with Crippen LogP contribution in [0.15, 0.2) is 36.9 Å². The van der Waals surface area contributed by atoms with Crippen LogP contribution in [0.4, 0.5) is 5.82 Å². The second-order valence-electron chi connectivity index (χ2n) is 11.6. The summed E-state index contributed by atoms with van der Waals surface area (Å²) in [5.74, 6) is 0.380. The third-order valence-corrected chi connectivity index (χ3v) is 12.5. The number of aromatic nitrogens is 4. The molecular formula is C27H37N5O4Si. The zero-order valence-corrected chi connectivity index (χ0v) is 23.5. The minimum atomic E-state index is -1.99. The number of hydrogen-bond donors (Lipinski definition) is 1. The zero-order chi connectivity index (χ0) is 26.4. The maximum absolute atomic E-state index is 11.9. The van der Waals surface area contributed by atoms with Gasteiger partial charge in [0.1, 0.15) is 24.8 Å². The summed E-state index contributed by atoms with van der Waals surface area (Å²) in [6.07, 6.45) is 4.70. The average molecular weight is 524 g/mol. The highest BCUT2D eigenvalue weighted by molar-refractivity contribution is 6.74. The van der Waals surface area contributed by atoms with Gasteiger partial charge in [0.2, 0.25) is 0 Å². The molecule has 198 valence electrons. The number of nitrogens with one attached hydrogen (secondary N) is 1. The van der Waals surface area contributed by atoms with Crippen LogP contribution in [0.25, 0.3) is 11.2 Å². The predicted octanol–water partition coefficient (Wildman–Crippen LogP) is 5.17. The van der Waals surface area contributed by atoms with Gasteiger partial charge in [0.25, 0.3) is 0 Å². The van der Waals surface area contributed by atoms with Crippen molar-refractivity contribution in [3.63, 3.8) is 0 Å². The van der Waals surface area contributed by atoms with E-state index in [1.807, 2.05) is 4.57 Å². The quantitative estimate of drug-likeness (QED) is 0.335. The molecule has 4 atom stereocenters. The number of anilines is 1. The van der Waals surface area contributed by atoms with E-state index in [0.29, 0.717) is 30.0 Å². The second kappa shape index (κ2) is 9.81. The summed E-state index contributed by atoms with van der Waals surface area (Å²) in [6.45, 7) is 12.8. The molecule has 9 nitrogen and oxygen atoms in total. The van der Waals surface area contributed by atoms with Gasteiger partial charge >= 0.3 is 5.97 Å². The number of carbonyl (C=O) groups is 1. The van der Waals surface area contributed by atoms with E-state index < -0.39 is 14.4 Å². The number of ether oxygens (including phenoxy) is 2. The number of rotatable bonds is 7. The van der Waals surface area contributed by atoms with E-state index >= 15 is 0 Å². The summed E-state index contributed by atoms with van der Waals surface area (Å²) in [6, 6.07) is 8.70. The smallest absolute Gasteiger partial charge is 0.302 e. The molecule has 1 aliphatic carbocycles. The van der Waals surface area contributed by atoms with Gasteiger partial charge in [-0.15, -0.1) is 0 Å². The number of esters is 1. The highest BCUT2D eigenvalue weighted by atomic mass is 28.4. The lowest BCUT2D eigenvalue weighted by molar-refractivity contribution is -0.150. The number of carbonyl (C=O) groups excluding carboxylic acids is 1. The van der Waals surface area contributed by atoms with Crippen molar-refractivity contribution < 1.29 is 18.7 Å². The van der Waals surface area contributed by atoms with Crippen LogP contribution in [-0.2, 0) is 25.1 Å². The minimum Gasteiger partial charge on any atom is -0.460 e. The first-order valence-corrected chi connectivity index (χ1v) is 15.9. The van der Waals surface area contributed by atoms with Crippen molar-refractivity contribution in [3.8, 4) is 0 Å². The molecular weight excluding hydrogens is 486 g/mol. The number of benzene rings is 1. The molecule has 2 aromatic heterocycles. The lowest BCUT2D eigenvalue weighted by Crippen LogP contribution is -2.44. The first kappa shape index (κ1) is 25.8. The van der Waals surface area contributed by atoms with Crippen LogP contribution < -0.4 is 5.32 Å². The van der Waals surface area contributed by atoms with Crippen molar-refractivity contribution in [3.05, 3.63) is 48.0 Å². The summed E-state index contributed by atoms with van der Waals surface area (Å²) in [5, 5.41) is 3.66. The molecule has 0 bridgehead atoms. The van der Waals surface area contributed by atoms with E-state index in [0.717, 1.165) is 12.8 Å². The minimum absolute atomic E-state index is 0.0721. The van der Waals surface area contributed by atoms with E-state index in [9.17, 15) is 4.79 Å². The highest BCUT2D eigenvalue weighted by Gasteiger charge is 2.43. The topological polar surface area (TPSA) is 100 Å². The van der Waals surface area contributed by atoms with Gasteiger partial charge in [0.15, 0.2) is 25.3 Å². The van der Waals surface area contributed by atoms with Crippen molar-refractivity contribution in [2.75, 3.05) is 11.9 Å². The van der Waals surface area contributed by atoms with E-state index in [-0.39, 0.29) is 29.4 Å². The lowest BCUT2D eigenvalue weighted by Gasteiger charge is -2.37. The average Bonchev–Trinajstić information content (AvgIpc) is 3.54. The van der Waals surface area contributed by atoms with Crippen molar-refractivity contribution >= 4 is 31.3 Å². The molecule has 5 rings (SSSR count). The molecule has 3 unspecified atom stereocenters. The first-order valence-electron chi connectivity index (χ1n) is 13.0. The van der Waals surface area contributed by atoms with E-state index in [1.165, 1.54) is 18.1 Å². The largest absolute Gasteiger partial charge is 0.460 e. The van der Waals surface area contributed by atoms with Gasteiger partial charge in [-0.2, -0.15) is 0 Å². The maximum atomic E-state index is 11.9. The van der Waals surface area contributed by atoms with Crippen molar-refractivity contribution in [1.29, 1.82) is 0 Å². The SMILES string of the molecule is CC(=O)OC1CC(n2cnc3c(N[C@H]4CCc5ccccc54)ncnc32)OC1CO[Si](C)(C)C(C)(C)C. The molecule has 3 aromatic rings. The Kier molecular flexibility index (Phi) is 6.84. The first-order chi connectivity index (χ1) is 17.5. The molecule has 2 aliphatic rings. The number of nitrogens with zero attached hydrogens (tertiary/aromatic N) is 4. The Morgan fingerprint density at radius 1 is 1.22 bits per heavy atom. The Morgan fingerprint density at radius 3 is 2.76 bits per heavy atom. The molecule has 3 heterocycles. The summed E-state index contributed by atoms with van der Waals surface area (Å²) in [5.41, 5.74) is 4.06. The van der Waals surface area contributed by atoms with Gasteiger partial charge in [0.05, 0.1) is 19.0 Å². The molecule has 0 saturated carbocycles. The standard InChI is InChI=1S/C27H37N5O4Si/c1-17(33)35-21-13-23(36-22(21)14-34-37(5,6)27(2,3)4)32-16-30-24-25(28-15-29-26(24)32)31-20-12-11-18-9-7-8-10-19(18)20/h7-10,15-16,20-23H,11-14H2,1-6H3,(H,28,29,31)/t20-,21?,22?,23?/m0/s1. The van der Waals surface area contributed by atoms with E-state index in [4.69, 9.17) is 13.9 Å². The van der Waals surface area contributed by atoms with Crippen LogP contribution in [0.2, 0.25) is 18.1 Å². The van der Waals surface area contributed by atoms with Gasteiger partial charge in [-0.25, -0.2) is 15.0 Å². The molecule has 1 saturated heterocycles. The molecule has 1 aromatic carbocycles. The molecule has 10 heteroatoms. The van der Waals surface area contributed by atoms with Crippen molar-refractivity contribution in [2.24, 2.45) is 0 Å². The third-order valence-electron chi connectivity index (χ3n) is 8.03. The highest BCUT2D eigenvalue weighted by Crippen LogP contribution is 2.39. The third kappa shape index (κ3) is 5.14. The zero-order valence-electron chi connectivity index (χ0n) is 22.5. The molecule has 1 N–H and O–H groups in total. The summed E-state index contributed by atoms with van der Waals surface area (Å²) >= 11 is 0. The monoisotopic (exact) mass is 523 g/mol. The lowest BCUT2D eigenvalue weighted by atomic mass is 10.1. The van der Waals surface area contributed by atoms with Gasteiger partial charge in [-0.05, 0) is 42.1 Å². The summed E-state index contributed by atoms with van der Waals surface area (Å²) < 4.78 is 20.4. The Labute approximate surface area is 219 Å². The van der Waals surface area contributed by atoms with Gasteiger partial charge in [-0.3, -0.25) is 9.36 Å². The number of aryl methyl sites for hydroxylation is 1. The van der Waals surface area contributed by atoms with Crippen LogP contribution in [0, 0.1) is 0 Å². The van der Waals surface area contributed by atoms with Gasteiger partial charge in [-0.1, -0.05) is 45.0 Å². The Hall–Kier alpha value is -2.82. The van der Waals surface area contributed by atoms with Gasteiger partial charge < -0.3 is 19.2 Å². The molecule has 1 fully saturated rings. The van der Waals surface area contributed by atoms with Crippen molar-refractivity contribution in [1.82, 2.24) is 19.5 Å². The van der Waals surface area contributed by atoms with Crippen molar-refractivity contribution in [2.45, 2.75) is 89.6 Å². The summed E-state index contributed by atoms with van der Waals surface area (Å²) in [7, 11) is -1.99. The number of hydrogen-bond acceptors (Lipinski definition) is 8. The van der Waals surface area contributed by atoms with Gasteiger partial charge in [0, 0.05) is 13.3 Å². The van der Waals surface area contributed by atoms with Crippen LogP contribution in [0.3, 0.4) is 0 Å². The number of imidazole rings is 1. The Morgan fingerprint density at radius 2 is 2.00 bits per heavy atom. The molecule has 0 radical (unpaired) electrons. The van der Waals surface area contributed by atoms with Crippen LogP contribution in [0.5, 0.6) is 0 Å². The Balaban J connectivity index is 1.36. The normalized spacial score (nSPS) is 23.8. The van der Waals surface area contributed by atoms with E-state index in [1.54, 1.807) is 12.7 Å². The van der Waals surface area contributed by atoms with Crippen LogP contribution >= 0.6 is 0 Å². The fourth-order valence-electron chi connectivity index (χ4n) is 4.91. The predicted molar refractivity (Wildman–Crippen MR) is 144 cm³/mol. The van der Waals surface area contributed by atoms with Crippen LogP contribution in [-0.4, -0.2) is 52.6 Å². The maximum Gasteiger partial charge on any atom is 0.302 e. The molecule has 0 amide bonds. The van der Waals surface area contributed by atoms with Crippen LogP contribution in [0.1, 0.15) is 63.9 Å². The molecule has 1 aliphatic heterocycles. The number of fused-ring (bicyclic) bond motifs is 2. The second-order valence-corrected chi connectivity index (χ2v) is 16.4. The molecule has 0 spiro atoms. The Bertz CT molecular complexity index is 1290. The fraction of sp³-hybridized carbons (Fsp3) is 0.556. The summed E-state index contributed by atoms with van der Waals surface area (Å²) in [4.78, 5) is 25.5. The van der Waals surface area contributed by atoms with E-state index in [2.05, 4.69) is 78.4 Å².